The van der Waals surface area contributed by atoms with Gasteiger partial charge < -0.3 is 24.8 Å². The molecule has 0 saturated carbocycles. The maximum Gasteiger partial charge on any atom is 0.340 e. The number of cyclic esters (lactones) is 1. The maximum atomic E-state index is 14.6. The predicted octanol–water partition coefficient (Wildman–Crippen LogP) is 3.24. The third-order valence-corrected chi connectivity index (χ3v) is 7.30. The minimum absolute atomic E-state index is 0.145. The highest BCUT2D eigenvalue weighted by Gasteiger charge is 2.36. The Balaban J connectivity index is 0.000000412. The summed E-state index contributed by atoms with van der Waals surface area (Å²) in [5, 5.41) is 22.0. The van der Waals surface area contributed by atoms with Crippen LogP contribution in [-0.4, -0.2) is 45.9 Å². The molecule has 3 aromatic rings. The number of nitrogens with zero attached hydrogens (tertiary/aromatic N) is 2. The van der Waals surface area contributed by atoms with Crippen molar-refractivity contribution in [2.45, 2.75) is 65.7 Å². The molecule has 2 aliphatic heterocycles. The Morgan fingerprint density at radius 2 is 1.95 bits per heavy atom. The van der Waals surface area contributed by atoms with Crippen LogP contribution >= 0.6 is 0 Å². The van der Waals surface area contributed by atoms with Crippen LogP contribution in [0.2, 0.25) is 0 Å². The van der Waals surface area contributed by atoms with Crippen molar-refractivity contribution in [1.82, 2.24) is 14.9 Å². The third-order valence-electron chi connectivity index (χ3n) is 7.30. The van der Waals surface area contributed by atoms with E-state index in [2.05, 4.69) is 12.2 Å². The monoisotopic (exact) mass is 511 g/mol. The Morgan fingerprint density at radius 3 is 2.59 bits per heavy atom. The minimum Gasteiger partial charge on any atom is -0.458 e. The number of carbonyl (C=O) groups excluding carboxylic acids is 1. The van der Waals surface area contributed by atoms with Crippen LogP contribution in [-0.2, 0) is 29.1 Å². The molecule has 0 unspecified atom stereocenters. The van der Waals surface area contributed by atoms with Gasteiger partial charge in [0, 0.05) is 29.1 Å². The number of ether oxygens (including phenoxy) is 1. The van der Waals surface area contributed by atoms with Crippen molar-refractivity contribution in [3.8, 4) is 11.4 Å². The van der Waals surface area contributed by atoms with E-state index in [1.165, 1.54) is 6.07 Å². The first kappa shape index (κ1) is 26.9. The number of likely N-dealkylation sites (N-methyl/N-ethyl adjacent to an activating group) is 1. The van der Waals surface area contributed by atoms with E-state index in [1.807, 2.05) is 20.8 Å². The van der Waals surface area contributed by atoms with E-state index in [-0.39, 0.29) is 36.1 Å². The van der Waals surface area contributed by atoms with Crippen LogP contribution in [0.5, 0.6) is 0 Å². The molecule has 0 fully saturated rings. The van der Waals surface area contributed by atoms with Crippen molar-refractivity contribution in [2.24, 2.45) is 0 Å². The topological polar surface area (TPSA) is 114 Å². The van der Waals surface area contributed by atoms with Crippen molar-refractivity contribution in [3.63, 3.8) is 0 Å². The van der Waals surface area contributed by atoms with E-state index >= 15 is 0 Å². The van der Waals surface area contributed by atoms with E-state index in [1.54, 1.807) is 17.7 Å². The number of hydrogen-bond donors (Lipinski definition) is 3. The number of rotatable bonds is 2. The lowest BCUT2D eigenvalue weighted by atomic mass is 9.79. The molecule has 1 aliphatic carbocycles. The fourth-order valence-electron chi connectivity index (χ4n) is 5.44. The zero-order valence-corrected chi connectivity index (χ0v) is 21.9. The fraction of sp³-hybridized carbons (Fsp3) is 0.464. The summed E-state index contributed by atoms with van der Waals surface area (Å²) in [7, 11) is 1.80. The summed E-state index contributed by atoms with van der Waals surface area (Å²) >= 11 is 0. The molecule has 1 aromatic carbocycles. The van der Waals surface area contributed by atoms with Crippen molar-refractivity contribution < 1.29 is 24.1 Å². The van der Waals surface area contributed by atoms with E-state index in [0.717, 1.165) is 34.9 Å². The Hall–Kier alpha value is -3.14. The average Bonchev–Trinajstić information content (AvgIpc) is 3.26. The van der Waals surface area contributed by atoms with Crippen molar-refractivity contribution in [3.05, 3.63) is 61.7 Å². The highest BCUT2D eigenvalue weighted by molar-refractivity contribution is 5.93. The maximum absolute atomic E-state index is 14.6. The first-order valence-corrected chi connectivity index (χ1v) is 12.8. The molecule has 4 heterocycles. The van der Waals surface area contributed by atoms with E-state index in [9.17, 15) is 19.1 Å². The predicted molar refractivity (Wildman–Crippen MR) is 139 cm³/mol. The van der Waals surface area contributed by atoms with Gasteiger partial charge in [-0.05, 0) is 55.5 Å². The zero-order chi connectivity index (χ0) is 27.0. The molecular weight excluding hydrogens is 477 g/mol. The van der Waals surface area contributed by atoms with Crippen LogP contribution in [0.15, 0.2) is 16.9 Å². The number of aliphatic hydroxyl groups is 2. The molecule has 2 aromatic heterocycles. The molecule has 3 aliphatic rings. The first-order valence-electron chi connectivity index (χ1n) is 12.8. The summed E-state index contributed by atoms with van der Waals surface area (Å²) in [6.07, 6.45) is 0.230. The summed E-state index contributed by atoms with van der Waals surface area (Å²) in [6, 6.07) is 3.14. The van der Waals surface area contributed by atoms with Crippen LogP contribution in [0.25, 0.3) is 22.3 Å². The SMILES string of the molecule is CC.CNCCO.Cc1c(F)cc2nc3c(c4c2c1CC[C@H]4C)Cn1c-3cc2c(c1=O)COC(=O)[C@H]2O. The van der Waals surface area contributed by atoms with Gasteiger partial charge in [-0.25, -0.2) is 14.2 Å². The lowest BCUT2D eigenvalue weighted by Gasteiger charge is -2.26. The van der Waals surface area contributed by atoms with Gasteiger partial charge in [0.05, 0.1) is 35.6 Å². The fourth-order valence-corrected chi connectivity index (χ4v) is 5.44. The number of aryl methyl sites for hydroxylation is 1. The molecule has 2 atom stereocenters. The van der Waals surface area contributed by atoms with Crippen LogP contribution in [0, 0.1) is 12.7 Å². The minimum atomic E-state index is -1.49. The second-order valence-corrected chi connectivity index (χ2v) is 9.34. The molecule has 0 bridgehead atoms. The molecule has 9 heteroatoms. The van der Waals surface area contributed by atoms with Crippen LogP contribution < -0.4 is 10.9 Å². The largest absolute Gasteiger partial charge is 0.458 e. The van der Waals surface area contributed by atoms with E-state index < -0.39 is 12.1 Å². The number of esters is 1. The second-order valence-electron chi connectivity index (χ2n) is 9.34. The Labute approximate surface area is 215 Å². The van der Waals surface area contributed by atoms with Crippen molar-refractivity contribution >= 4 is 16.9 Å². The quantitative estimate of drug-likeness (QED) is 0.354. The normalized spacial score (nSPS) is 18.5. The standard InChI is InChI=1S/C23H19FN2O4.C3H9NO.C2H6/c1-9-3-4-11-10(2)15(24)6-16-19(11)18(9)13-7-26-17(20(13)25-16)5-12-14(22(26)28)8-30-23(29)21(12)27;1-4-2-3-5;1-2/h5-6,9,21,27H,3-4,7-8H2,1-2H3;4-5H,2-3H2,1H3;1-2H3/t9-,21+;;/m1../s1. The first-order chi connectivity index (χ1) is 17.8. The van der Waals surface area contributed by atoms with Crippen LogP contribution in [0.4, 0.5) is 4.39 Å². The van der Waals surface area contributed by atoms with Crippen molar-refractivity contribution in [1.29, 1.82) is 0 Å². The average molecular weight is 512 g/mol. The molecule has 6 rings (SSSR count). The van der Waals surface area contributed by atoms with Gasteiger partial charge in [-0.2, -0.15) is 0 Å². The second kappa shape index (κ2) is 10.7. The molecule has 0 spiro atoms. The van der Waals surface area contributed by atoms with E-state index in [4.69, 9.17) is 14.8 Å². The Bertz CT molecular complexity index is 1430. The number of fused-ring (bicyclic) bond motifs is 5. The molecular formula is C28H34FN3O5. The Kier molecular flexibility index (Phi) is 7.77. The number of benzene rings is 1. The van der Waals surface area contributed by atoms with Gasteiger partial charge in [0.15, 0.2) is 6.10 Å². The summed E-state index contributed by atoms with van der Waals surface area (Å²) in [5.41, 5.74) is 5.84. The Morgan fingerprint density at radius 1 is 1.22 bits per heavy atom. The van der Waals surface area contributed by atoms with Gasteiger partial charge in [-0.3, -0.25) is 4.79 Å². The highest BCUT2D eigenvalue weighted by atomic mass is 19.1. The lowest BCUT2D eigenvalue weighted by molar-refractivity contribution is -0.157. The van der Waals surface area contributed by atoms with Gasteiger partial charge in [0.25, 0.3) is 5.56 Å². The van der Waals surface area contributed by atoms with Gasteiger partial charge in [0.2, 0.25) is 0 Å². The lowest BCUT2D eigenvalue weighted by Crippen LogP contribution is -2.32. The van der Waals surface area contributed by atoms with Gasteiger partial charge in [-0.1, -0.05) is 20.8 Å². The summed E-state index contributed by atoms with van der Waals surface area (Å²) < 4.78 is 21.2. The molecule has 3 N–H and O–H groups in total. The number of halogens is 1. The summed E-state index contributed by atoms with van der Waals surface area (Å²) in [4.78, 5) is 29.7. The van der Waals surface area contributed by atoms with Gasteiger partial charge in [-0.15, -0.1) is 0 Å². The van der Waals surface area contributed by atoms with E-state index in [0.29, 0.717) is 41.1 Å². The van der Waals surface area contributed by atoms with Crippen LogP contribution in [0.3, 0.4) is 0 Å². The molecule has 198 valence electrons. The smallest absolute Gasteiger partial charge is 0.340 e. The number of aromatic nitrogens is 2. The van der Waals surface area contributed by atoms with Gasteiger partial charge >= 0.3 is 5.97 Å². The van der Waals surface area contributed by atoms with Crippen LogP contribution in [0.1, 0.15) is 72.6 Å². The summed E-state index contributed by atoms with van der Waals surface area (Å²) in [5.74, 6) is -0.774. The van der Waals surface area contributed by atoms with Crippen molar-refractivity contribution in [2.75, 3.05) is 20.2 Å². The molecule has 8 nitrogen and oxygen atoms in total. The molecule has 37 heavy (non-hydrogen) atoms. The number of hydrogen-bond acceptors (Lipinski definition) is 7. The molecule has 0 saturated heterocycles. The highest BCUT2D eigenvalue weighted by Crippen LogP contribution is 2.45. The number of carbonyl (C=O) groups is 1. The number of pyridine rings is 2. The molecule has 0 amide bonds. The molecule has 0 radical (unpaired) electrons. The summed E-state index contributed by atoms with van der Waals surface area (Å²) in [6.45, 7) is 9.12. The number of aliphatic hydroxyl groups excluding tert-OH is 2. The third kappa shape index (κ3) is 4.35. The number of nitrogens with one attached hydrogen (secondary N) is 1. The zero-order valence-electron chi connectivity index (χ0n) is 21.9. The van der Waals surface area contributed by atoms with Gasteiger partial charge in [0.1, 0.15) is 12.4 Å².